The zero-order chi connectivity index (χ0) is 13.9. The van der Waals surface area contributed by atoms with Gasteiger partial charge < -0.3 is 14.5 Å². The Balaban J connectivity index is 2.04. The van der Waals surface area contributed by atoms with Gasteiger partial charge in [0.1, 0.15) is 11.4 Å². The molecule has 0 aromatic carbocycles. The van der Waals surface area contributed by atoms with E-state index in [-0.39, 0.29) is 5.60 Å². The van der Waals surface area contributed by atoms with Crippen LogP contribution in [-0.2, 0) is 4.74 Å². The van der Waals surface area contributed by atoms with E-state index >= 15 is 0 Å². The van der Waals surface area contributed by atoms with Crippen LogP contribution in [-0.4, -0.2) is 61.1 Å². The van der Waals surface area contributed by atoms with E-state index in [4.69, 9.17) is 10.1 Å². The van der Waals surface area contributed by atoms with E-state index in [0.717, 1.165) is 50.8 Å². The molecule has 19 heavy (non-hydrogen) atoms. The summed E-state index contributed by atoms with van der Waals surface area (Å²) in [4.78, 5) is 4.58. The van der Waals surface area contributed by atoms with E-state index in [9.17, 15) is 0 Å². The first-order valence-electron chi connectivity index (χ1n) is 7.74. The van der Waals surface area contributed by atoms with Gasteiger partial charge in [-0.05, 0) is 45.6 Å². The second-order valence-electron chi connectivity index (χ2n) is 6.25. The first kappa shape index (κ1) is 14.8. The Bertz CT molecular complexity index is 303. The van der Waals surface area contributed by atoms with Gasteiger partial charge in [-0.3, -0.25) is 5.41 Å². The fourth-order valence-corrected chi connectivity index (χ4v) is 3.27. The first-order chi connectivity index (χ1) is 9.07. The molecule has 0 bridgehead atoms. The Kier molecular flexibility index (Phi) is 4.85. The maximum Gasteiger partial charge on any atom is 0.129 e. The summed E-state index contributed by atoms with van der Waals surface area (Å²) in [6.45, 7) is 9.14. The van der Waals surface area contributed by atoms with E-state index < -0.39 is 0 Å². The molecule has 1 aliphatic heterocycles. The molecule has 4 nitrogen and oxygen atoms in total. The van der Waals surface area contributed by atoms with Crippen molar-refractivity contribution in [2.45, 2.75) is 45.1 Å². The quantitative estimate of drug-likeness (QED) is 0.629. The Morgan fingerprint density at radius 3 is 2.32 bits per heavy atom. The third-order valence-corrected chi connectivity index (χ3v) is 4.75. The van der Waals surface area contributed by atoms with Crippen LogP contribution in [0.1, 0.15) is 39.5 Å². The van der Waals surface area contributed by atoms with Gasteiger partial charge >= 0.3 is 0 Å². The number of nitrogens with one attached hydrogen (secondary N) is 1. The van der Waals surface area contributed by atoms with Crippen molar-refractivity contribution in [3.63, 3.8) is 0 Å². The second-order valence-corrected chi connectivity index (χ2v) is 6.25. The van der Waals surface area contributed by atoms with Crippen LogP contribution in [0.5, 0.6) is 0 Å². The summed E-state index contributed by atoms with van der Waals surface area (Å²) in [5, 5.41) is 8.64. The summed E-state index contributed by atoms with van der Waals surface area (Å²) in [5.41, 5.74) is -0.294. The molecule has 2 aliphatic rings. The number of likely N-dealkylation sites (N-methyl/N-ethyl adjacent to an activating group) is 1. The van der Waals surface area contributed by atoms with Crippen molar-refractivity contribution in [3.05, 3.63) is 0 Å². The monoisotopic (exact) mass is 267 g/mol. The predicted octanol–water partition coefficient (Wildman–Crippen LogP) is 2.20. The van der Waals surface area contributed by atoms with E-state index in [1.54, 1.807) is 0 Å². The molecule has 0 amide bonds. The van der Waals surface area contributed by atoms with Crippen LogP contribution in [0.3, 0.4) is 0 Å². The molecule has 0 unspecified atom stereocenters. The van der Waals surface area contributed by atoms with Gasteiger partial charge in [0.05, 0.1) is 0 Å². The van der Waals surface area contributed by atoms with Gasteiger partial charge in [-0.1, -0.05) is 6.92 Å². The SMILES string of the molecule is CCOC1(C(=N)N2CCN(C)CC2)CCC(C)CC1. The van der Waals surface area contributed by atoms with Crippen molar-refractivity contribution < 1.29 is 4.74 Å². The van der Waals surface area contributed by atoms with Crippen LogP contribution in [0.4, 0.5) is 0 Å². The standard InChI is InChI=1S/C15H29N3O/c1-4-19-15(7-5-13(2)6-8-15)14(16)18-11-9-17(3)10-12-18/h13,16H,4-12H2,1-3H3. The average molecular weight is 267 g/mol. The number of hydrogen-bond acceptors (Lipinski definition) is 3. The highest BCUT2D eigenvalue weighted by molar-refractivity contribution is 5.88. The molecule has 110 valence electrons. The minimum atomic E-state index is -0.294. The van der Waals surface area contributed by atoms with Crippen LogP contribution in [0.15, 0.2) is 0 Å². The van der Waals surface area contributed by atoms with Crippen LogP contribution in [0, 0.1) is 11.3 Å². The fourth-order valence-electron chi connectivity index (χ4n) is 3.27. The summed E-state index contributed by atoms with van der Waals surface area (Å²) in [6, 6.07) is 0. The molecule has 1 saturated carbocycles. The number of ether oxygens (including phenoxy) is 1. The van der Waals surface area contributed by atoms with Gasteiger partial charge in [0.2, 0.25) is 0 Å². The maximum absolute atomic E-state index is 8.64. The molecule has 1 aliphatic carbocycles. The van der Waals surface area contributed by atoms with Gasteiger partial charge in [0.25, 0.3) is 0 Å². The molecule has 4 heteroatoms. The number of hydrogen-bond donors (Lipinski definition) is 1. The van der Waals surface area contributed by atoms with Gasteiger partial charge in [-0.15, -0.1) is 0 Å². The Labute approximate surface area is 117 Å². The highest BCUT2D eigenvalue weighted by Gasteiger charge is 2.41. The molecule has 0 radical (unpaired) electrons. The lowest BCUT2D eigenvalue weighted by atomic mass is 9.78. The molecule has 1 heterocycles. The summed E-state index contributed by atoms with van der Waals surface area (Å²) in [6.07, 6.45) is 4.42. The fraction of sp³-hybridized carbons (Fsp3) is 0.933. The summed E-state index contributed by atoms with van der Waals surface area (Å²) < 4.78 is 6.08. The highest BCUT2D eigenvalue weighted by Crippen LogP contribution is 2.36. The zero-order valence-electron chi connectivity index (χ0n) is 12.7. The molecule has 2 fully saturated rings. The minimum Gasteiger partial charge on any atom is -0.367 e. The molecule has 0 aromatic rings. The lowest BCUT2D eigenvalue weighted by Crippen LogP contribution is -2.56. The Hall–Kier alpha value is -0.610. The van der Waals surface area contributed by atoms with Crippen molar-refractivity contribution in [2.75, 3.05) is 39.8 Å². The number of amidine groups is 1. The topological polar surface area (TPSA) is 39.6 Å². The molecule has 0 aromatic heterocycles. The van der Waals surface area contributed by atoms with Gasteiger partial charge in [0, 0.05) is 32.8 Å². The smallest absolute Gasteiger partial charge is 0.129 e. The van der Waals surface area contributed by atoms with Crippen molar-refractivity contribution in [2.24, 2.45) is 5.92 Å². The lowest BCUT2D eigenvalue weighted by molar-refractivity contribution is -0.0297. The predicted molar refractivity (Wildman–Crippen MR) is 78.8 cm³/mol. The third-order valence-electron chi connectivity index (χ3n) is 4.75. The molecular weight excluding hydrogens is 238 g/mol. The molecule has 1 saturated heterocycles. The second kappa shape index (κ2) is 6.23. The molecular formula is C15H29N3O. The van der Waals surface area contributed by atoms with Crippen molar-refractivity contribution in [3.8, 4) is 0 Å². The van der Waals surface area contributed by atoms with Crippen LogP contribution >= 0.6 is 0 Å². The number of piperazine rings is 1. The van der Waals surface area contributed by atoms with Crippen molar-refractivity contribution in [1.29, 1.82) is 5.41 Å². The number of rotatable bonds is 3. The maximum atomic E-state index is 8.64. The van der Waals surface area contributed by atoms with Gasteiger partial charge in [-0.2, -0.15) is 0 Å². The van der Waals surface area contributed by atoms with Crippen LogP contribution in [0.2, 0.25) is 0 Å². The molecule has 0 atom stereocenters. The summed E-state index contributed by atoms with van der Waals surface area (Å²) >= 11 is 0. The largest absolute Gasteiger partial charge is 0.367 e. The highest BCUT2D eigenvalue weighted by atomic mass is 16.5. The van der Waals surface area contributed by atoms with Gasteiger partial charge in [-0.25, -0.2) is 0 Å². The van der Waals surface area contributed by atoms with E-state index in [2.05, 4.69) is 30.7 Å². The van der Waals surface area contributed by atoms with E-state index in [0.29, 0.717) is 6.61 Å². The average Bonchev–Trinajstić information content (AvgIpc) is 2.42. The van der Waals surface area contributed by atoms with Crippen LogP contribution < -0.4 is 0 Å². The first-order valence-corrected chi connectivity index (χ1v) is 7.74. The summed E-state index contributed by atoms with van der Waals surface area (Å²) in [7, 11) is 2.15. The van der Waals surface area contributed by atoms with Crippen molar-refractivity contribution in [1.82, 2.24) is 9.80 Å². The normalized spacial score (nSPS) is 33.4. The molecule has 2 rings (SSSR count). The number of nitrogens with zero attached hydrogens (tertiary/aromatic N) is 2. The van der Waals surface area contributed by atoms with Gasteiger partial charge in [0.15, 0.2) is 0 Å². The molecule has 0 spiro atoms. The molecule has 1 N–H and O–H groups in total. The van der Waals surface area contributed by atoms with Crippen LogP contribution in [0.25, 0.3) is 0 Å². The van der Waals surface area contributed by atoms with E-state index in [1.165, 1.54) is 12.8 Å². The Morgan fingerprint density at radius 1 is 1.21 bits per heavy atom. The minimum absolute atomic E-state index is 0.294. The zero-order valence-corrected chi connectivity index (χ0v) is 12.7. The summed E-state index contributed by atoms with van der Waals surface area (Å²) in [5.74, 6) is 1.53. The van der Waals surface area contributed by atoms with E-state index in [1.807, 2.05) is 0 Å². The van der Waals surface area contributed by atoms with Crippen molar-refractivity contribution >= 4 is 5.84 Å². The Morgan fingerprint density at radius 2 is 1.79 bits per heavy atom. The third kappa shape index (κ3) is 3.29. The lowest BCUT2D eigenvalue weighted by Gasteiger charge is -2.45.